The smallest absolute Gasteiger partial charge is 0.423 e. The topological polar surface area (TPSA) is 143 Å². The SMILES string of the molecule is O=[N+]([O-])c1c(O)c(O)cc(-c2nc(-c3ccc(F)c(O)c3)no2)c1C(F)(F)F. The van der Waals surface area contributed by atoms with Crippen LogP contribution in [0, 0.1) is 15.9 Å². The third kappa shape index (κ3) is 3.13. The zero-order valence-corrected chi connectivity index (χ0v) is 13.2. The van der Waals surface area contributed by atoms with Gasteiger partial charge in [0, 0.05) is 5.56 Å². The zero-order valence-electron chi connectivity index (χ0n) is 13.2. The lowest BCUT2D eigenvalue weighted by molar-refractivity contribution is -0.389. The quantitative estimate of drug-likeness (QED) is 0.262. The Morgan fingerprint density at radius 3 is 2.36 bits per heavy atom. The second-order valence-electron chi connectivity index (χ2n) is 5.36. The number of alkyl halides is 3. The molecule has 28 heavy (non-hydrogen) atoms. The van der Waals surface area contributed by atoms with Gasteiger partial charge in [0.15, 0.2) is 22.9 Å². The van der Waals surface area contributed by atoms with Crippen molar-refractivity contribution >= 4 is 5.69 Å². The van der Waals surface area contributed by atoms with Crippen LogP contribution in [-0.4, -0.2) is 30.4 Å². The highest BCUT2D eigenvalue weighted by atomic mass is 19.4. The van der Waals surface area contributed by atoms with Gasteiger partial charge in [0.05, 0.1) is 10.5 Å². The summed E-state index contributed by atoms with van der Waals surface area (Å²) in [5.74, 6) is -5.78. The van der Waals surface area contributed by atoms with E-state index in [1.54, 1.807) is 0 Å². The summed E-state index contributed by atoms with van der Waals surface area (Å²) in [6, 6.07) is 3.21. The molecule has 1 aromatic heterocycles. The van der Waals surface area contributed by atoms with E-state index in [1.165, 1.54) is 0 Å². The van der Waals surface area contributed by atoms with Gasteiger partial charge in [-0.1, -0.05) is 5.16 Å². The molecule has 0 spiro atoms. The summed E-state index contributed by atoms with van der Waals surface area (Å²) >= 11 is 0. The number of benzene rings is 2. The van der Waals surface area contributed by atoms with Crippen LogP contribution >= 0.6 is 0 Å². The van der Waals surface area contributed by atoms with Gasteiger partial charge in [-0.25, -0.2) is 4.39 Å². The Bertz CT molecular complexity index is 1100. The van der Waals surface area contributed by atoms with Crippen molar-refractivity contribution in [3.8, 4) is 40.1 Å². The molecule has 0 aliphatic carbocycles. The summed E-state index contributed by atoms with van der Waals surface area (Å²) < 4.78 is 58.1. The summed E-state index contributed by atoms with van der Waals surface area (Å²) in [4.78, 5) is 13.1. The first-order valence-electron chi connectivity index (χ1n) is 7.14. The lowest BCUT2D eigenvalue weighted by atomic mass is 10.0. The molecular weight excluding hydrogens is 394 g/mol. The summed E-state index contributed by atoms with van der Waals surface area (Å²) in [5, 5.41) is 42.9. The van der Waals surface area contributed by atoms with Crippen molar-refractivity contribution in [2.24, 2.45) is 0 Å². The van der Waals surface area contributed by atoms with Crippen molar-refractivity contribution < 1.29 is 42.3 Å². The molecule has 0 unspecified atom stereocenters. The Morgan fingerprint density at radius 1 is 1.11 bits per heavy atom. The predicted octanol–water partition coefficient (Wildman–Crippen LogP) is 3.59. The number of rotatable bonds is 3. The number of phenols is 3. The fourth-order valence-corrected chi connectivity index (χ4v) is 2.38. The van der Waals surface area contributed by atoms with Crippen LogP contribution in [0.2, 0.25) is 0 Å². The Labute approximate surface area is 151 Å². The second-order valence-corrected chi connectivity index (χ2v) is 5.36. The van der Waals surface area contributed by atoms with Gasteiger partial charge < -0.3 is 19.8 Å². The molecule has 13 heteroatoms. The molecule has 2 aromatic carbocycles. The molecule has 0 fully saturated rings. The fourth-order valence-electron chi connectivity index (χ4n) is 2.38. The number of phenolic OH excluding ortho intramolecular Hbond substituents is 3. The van der Waals surface area contributed by atoms with E-state index in [0.29, 0.717) is 6.07 Å². The second kappa shape index (κ2) is 6.37. The lowest BCUT2D eigenvalue weighted by Crippen LogP contribution is -2.11. The lowest BCUT2D eigenvalue weighted by Gasteiger charge is -2.12. The molecule has 0 aliphatic rings. The maximum Gasteiger partial charge on any atom is 0.423 e. The number of aromatic hydroxyl groups is 3. The summed E-state index contributed by atoms with van der Waals surface area (Å²) in [6.07, 6.45) is -5.33. The Morgan fingerprint density at radius 2 is 1.79 bits per heavy atom. The Hall–Kier alpha value is -3.90. The van der Waals surface area contributed by atoms with Crippen molar-refractivity contribution in [2.75, 3.05) is 0 Å². The Balaban J connectivity index is 2.23. The molecule has 0 bridgehead atoms. The van der Waals surface area contributed by atoms with Crippen molar-refractivity contribution in [2.45, 2.75) is 6.18 Å². The molecule has 146 valence electrons. The maximum atomic E-state index is 13.4. The van der Waals surface area contributed by atoms with E-state index < -0.39 is 56.9 Å². The van der Waals surface area contributed by atoms with Crippen LogP contribution in [0.5, 0.6) is 17.2 Å². The molecule has 0 saturated heterocycles. The molecule has 3 N–H and O–H groups in total. The first kappa shape index (κ1) is 18.9. The highest BCUT2D eigenvalue weighted by Gasteiger charge is 2.45. The van der Waals surface area contributed by atoms with Crippen molar-refractivity contribution in [1.29, 1.82) is 0 Å². The van der Waals surface area contributed by atoms with Crippen molar-refractivity contribution in [3.63, 3.8) is 0 Å². The van der Waals surface area contributed by atoms with Crippen molar-refractivity contribution in [3.05, 3.63) is 45.8 Å². The van der Waals surface area contributed by atoms with Crippen LogP contribution in [0.1, 0.15) is 5.56 Å². The Kier molecular flexibility index (Phi) is 4.29. The van der Waals surface area contributed by atoms with Crippen LogP contribution < -0.4 is 0 Å². The van der Waals surface area contributed by atoms with Crippen LogP contribution in [0.3, 0.4) is 0 Å². The van der Waals surface area contributed by atoms with Crippen LogP contribution in [0.15, 0.2) is 28.8 Å². The van der Waals surface area contributed by atoms with Crippen LogP contribution in [-0.2, 0) is 6.18 Å². The predicted molar refractivity (Wildman–Crippen MR) is 81.8 cm³/mol. The number of nitrogens with zero attached hydrogens (tertiary/aromatic N) is 3. The van der Waals surface area contributed by atoms with Gasteiger partial charge in [-0.2, -0.15) is 18.2 Å². The zero-order chi connectivity index (χ0) is 20.8. The minimum atomic E-state index is -5.33. The third-order valence-electron chi connectivity index (χ3n) is 3.58. The number of halogens is 4. The summed E-state index contributed by atoms with van der Waals surface area (Å²) in [7, 11) is 0. The van der Waals surface area contributed by atoms with E-state index in [4.69, 9.17) is 0 Å². The molecular formula is C15H7F4N3O6. The van der Waals surface area contributed by atoms with E-state index >= 15 is 0 Å². The van der Waals surface area contributed by atoms with E-state index in [9.17, 15) is 43.0 Å². The van der Waals surface area contributed by atoms with Gasteiger partial charge in [-0.05, 0) is 24.3 Å². The first-order chi connectivity index (χ1) is 13.0. The standard InChI is InChI=1S/C15H7F4N3O6/c16-7-2-1-5(3-8(7)23)13-20-14(28-21-13)6-4-9(24)12(25)11(22(26)27)10(6)15(17,18)19/h1-4,23-25H. The molecule has 3 rings (SSSR count). The molecule has 1 heterocycles. The van der Waals surface area contributed by atoms with Crippen molar-refractivity contribution in [1.82, 2.24) is 10.1 Å². The number of aromatic nitrogens is 2. The molecule has 3 aromatic rings. The van der Waals surface area contributed by atoms with Gasteiger partial charge in [0.2, 0.25) is 11.6 Å². The van der Waals surface area contributed by atoms with E-state index in [0.717, 1.165) is 18.2 Å². The van der Waals surface area contributed by atoms with Crippen LogP contribution in [0.4, 0.5) is 23.2 Å². The molecule has 0 radical (unpaired) electrons. The maximum absolute atomic E-state index is 13.4. The molecule has 0 amide bonds. The summed E-state index contributed by atoms with van der Waals surface area (Å²) in [6.45, 7) is 0. The van der Waals surface area contributed by atoms with Gasteiger partial charge in [-0.15, -0.1) is 0 Å². The van der Waals surface area contributed by atoms with E-state index in [-0.39, 0.29) is 11.4 Å². The summed E-state index contributed by atoms with van der Waals surface area (Å²) in [5.41, 5.74) is -4.79. The molecule has 0 saturated carbocycles. The number of hydrogen-bond acceptors (Lipinski definition) is 8. The van der Waals surface area contributed by atoms with Gasteiger partial charge in [0.25, 0.3) is 5.89 Å². The van der Waals surface area contributed by atoms with E-state index in [2.05, 4.69) is 14.7 Å². The third-order valence-corrected chi connectivity index (χ3v) is 3.58. The van der Waals surface area contributed by atoms with Gasteiger partial charge in [-0.3, -0.25) is 10.1 Å². The minimum absolute atomic E-state index is 0.0278. The minimum Gasteiger partial charge on any atom is -0.505 e. The fraction of sp³-hybridized carbons (Fsp3) is 0.0667. The highest BCUT2D eigenvalue weighted by molar-refractivity contribution is 5.75. The van der Waals surface area contributed by atoms with Crippen LogP contribution in [0.25, 0.3) is 22.8 Å². The molecule has 0 atom stereocenters. The monoisotopic (exact) mass is 401 g/mol. The largest absolute Gasteiger partial charge is 0.505 e. The first-order valence-corrected chi connectivity index (χ1v) is 7.14. The average Bonchev–Trinajstić information content (AvgIpc) is 3.07. The number of nitro benzene ring substituents is 1. The van der Waals surface area contributed by atoms with Gasteiger partial charge in [0.1, 0.15) is 0 Å². The number of hydrogen-bond donors (Lipinski definition) is 3. The van der Waals surface area contributed by atoms with E-state index in [1.807, 2.05) is 0 Å². The molecule has 9 nitrogen and oxygen atoms in total. The highest BCUT2D eigenvalue weighted by Crippen LogP contribution is 2.50. The average molecular weight is 401 g/mol. The number of nitro groups is 1. The van der Waals surface area contributed by atoms with Gasteiger partial charge >= 0.3 is 11.9 Å². The normalized spacial score (nSPS) is 11.6. The molecule has 0 aliphatic heterocycles.